The number of aromatic nitrogens is 4. The van der Waals surface area contributed by atoms with Crippen molar-refractivity contribution in [1.29, 1.82) is 0 Å². The predicted molar refractivity (Wildman–Crippen MR) is 180 cm³/mol. The summed E-state index contributed by atoms with van der Waals surface area (Å²) < 4.78 is 9.19. The molecule has 6 rings (SSSR count). The van der Waals surface area contributed by atoms with Gasteiger partial charge in [0.15, 0.2) is 0 Å². The third-order valence-corrected chi connectivity index (χ3v) is 7.41. The Morgan fingerprint density at radius 3 is 1.96 bits per heavy atom. The normalized spacial score (nSPS) is 15.6. The minimum atomic E-state index is -0.623. The van der Waals surface area contributed by atoms with Crippen LogP contribution in [0.15, 0.2) is 61.4 Å². The molecule has 244 valence electrons. The lowest BCUT2D eigenvalue weighted by molar-refractivity contribution is -0.385. The number of anilines is 2. The van der Waals surface area contributed by atoms with Crippen LogP contribution in [0.5, 0.6) is 0 Å². The highest BCUT2D eigenvalue weighted by Gasteiger charge is 2.30. The number of hydrogen-bond donors (Lipinski definition) is 1. The lowest BCUT2D eigenvalue weighted by Gasteiger charge is -2.32. The Balaban J connectivity index is 0.000000193. The molecular formula is C33H36N8O6. The van der Waals surface area contributed by atoms with Gasteiger partial charge in [-0.05, 0) is 69.0 Å². The van der Waals surface area contributed by atoms with Gasteiger partial charge in [0.05, 0.1) is 39.6 Å². The average Bonchev–Trinajstić information content (AvgIpc) is 3.62. The number of nitrogens with zero attached hydrogens (tertiary/aromatic N) is 7. The number of nitrogens with one attached hydrogen (secondary N) is 1. The summed E-state index contributed by atoms with van der Waals surface area (Å²) in [5.74, 6) is 0. The number of amides is 1. The van der Waals surface area contributed by atoms with Crippen LogP contribution >= 0.6 is 0 Å². The highest BCUT2D eigenvalue weighted by Crippen LogP contribution is 2.39. The van der Waals surface area contributed by atoms with Crippen molar-refractivity contribution >= 4 is 52.1 Å². The second-order valence-corrected chi connectivity index (χ2v) is 12.3. The van der Waals surface area contributed by atoms with E-state index in [9.17, 15) is 25.0 Å². The van der Waals surface area contributed by atoms with E-state index in [1.807, 2.05) is 47.8 Å². The molecule has 14 nitrogen and oxygen atoms in total. The zero-order chi connectivity index (χ0) is 33.9. The van der Waals surface area contributed by atoms with Gasteiger partial charge < -0.3 is 19.2 Å². The van der Waals surface area contributed by atoms with Gasteiger partial charge in [-0.1, -0.05) is 0 Å². The minimum absolute atomic E-state index is 0.0216. The molecule has 0 radical (unpaired) electrons. The number of ether oxygens (including phenoxy) is 1. The second kappa shape index (κ2) is 13.3. The lowest BCUT2D eigenvalue weighted by Crippen LogP contribution is -2.39. The molecule has 1 N–H and O–H groups in total. The number of carbonyl (C=O) groups is 1. The average molecular weight is 641 g/mol. The zero-order valence-corrected chi connectivity index (χ0v) is 26.8. The van der Waals surface area contributed by atoms with E-state index in [2.05, 4.69) is 15.3 Å². The molecule has 2 aliphatic heterocycles. The van der Waals surface area contributed by atoms with E-state index in [1.54, 1.807) is 51.6 Å². The van der Waals surface area contributed by atoms with Gasteiger partial charge in [0.25, 0.3) is 11.4 Å². The monoisotopic (exact) mass is 640 g/mol. The number of imidazole rings is 2. The fourth-order valence-corrected chi connectivity index (χ4v) is 5.33. The van der Waals surface area contributed by atoms with Gasteiger partial charge in [0, 0.05) is 80.7 Å². The van der Waals surface area contributed by atoms with E-state index in [4.69, 9.17) is 4.74 Å². The first-order valence-electron chi connectivity index (χ1n) is 15.0. The smallest absolute Gasteiger partial charge is 0.414 e. The molecule has 0 spiro atoms. The van der Waals surface area contributed by atoms with Gasteiger partial charge in [-0.2, -0.15) is 0 Å². The molecule has 0 atom stereocenters. The van der Waals surface area contributed by atoms with Crippen LogP contribution in [0.3, 0.4) is 0 Å². The first-order valence-corrected chi connectivity index (χ1v) is 15.0. The van der Waals surface area contributed by atoms with E-state index in [0.29, 0.717) is 24.2 Å². The number of aryl methyl sites for hydroxylation is 2. The van der Waals surface area contributed by atoms with Crippen LogP contribution in [0.4, 0.5) is 27.5 Å². The maximum Gasteiger partial charge on any atom is 0.414 e. The Kier molecular flexibility index (Phi) is 9.22. The van der Waals surface area contributed by atoms with Crippen LogP contribution in [-0.2, 0) is 18.8 Å². The van der Waals surface area contributed by atoms with Crippen LogP contribution in [0.1, 0.15) is 56.1 Å². The summed E-state index contributed by atoms with van der Waals surface area (Å²) in [6.45, 7) is 6.66. The zero-order valence-electron chi connectivity index (χ0n) is 26.8. The molecule has 2 aromatic heterocycles. The Morgan fingerprint density at radius 2 is 1.43 bits per heavy atom. The Hall–Kier alpha value is -5.79. The Labute approximate surface area is 271 Å². The quantitative estimate of drug-likeness (QED) is 0.189. The number of nitro groups is 2. The highest BCUT2D eigenvalue weighted by atomic mass is 16.6. The van der Waals surface area contributed by atoms with Crippen LogP contribution in [-0.4, -0.2) is 53.7 Å². The van der Waals surface area contributed by atoms with Gasteiger partial charge in [0.1, 0.15) is 5.60 Å². The summed E-state index contributed by atoms with van der Waals surface area (Å²) in [4.78, 5) is 44.0. The number of rotatable bonds is 4. The number of non-ortho nitro benzene ring substituents is 2. The molecule has 0 saturated carbocycles. The van der Waals surface area contributed by atoms with Crippen molar-refractivity contribution < 1.29 is 19.4 Å². The lowest BCUT2D eigenvalue weighted by atomic mass is 9.94. The molecule has 0 aliphatic carbocycles. The molecular weight excluding hydrogens is 604 g/mol. The number of benzene rings is 2. The van der Waals surface area contributed by atoms with Crippen molar-refractivity contribution in [2.24, 2.45) is 14.1 Å². The van der Waals surface area contributed by atoms with Gasteiger partial charge in [-0.25, -0.2) is 14.8 Å². The molecule has 14 heteroatoms. The summed E-state index contributed by atoms with van der Waals surface area (Å²) in [6.07, 6.45) is 12.0. The summed E-state index contributed by atoms with van der Waals surface area (Å²) in [7, 11) is 3.79. The van der Waals surface area contributed by atoms with E-state index < -0.39 is 16.6 Å². The predicted octanol–water partition coefficient (Wildman–Crippen LogP) is 6.70. The standard InChI is InChI=1S/C19H22N4O4.C14H14N4O2/c1-19(2,3)27-18(24)22-8-7-13(9-14-11-21(4)12-20-14)16-10-15(23(25)26)5-6-17(16)22;1-17-8-11(16-9-17)6-10-4-5-15-14-3-2-12(18(19)20)7-13(10)14/h5-6,9-12H,7-8H2,1-4H3;2-3,6-9,15H,4-5H2,1H3/b13-9+;10-6+. The molecule has 0 unspecified atom stereocenters. The minimum Gasteiger partial charge on any atom is -0.443 e. The Bertz CT molecular complexity index is 1900. The van der Waals surface area contributed by atoms with Crippen LogP contribution in [0.2, 0.25) is 0 Å². The highest BCUT2D eigenvalue weighted by molar-refractivity contribution is 5.98. The van der Waals surface area contributed by atoms with Gasteiger partial charge >= 0.3 is 6.09 Å². The summed E-state index contributed by atoms with van der Waals surface area (Å²) in [5.41, 5.74) is 6.12. The topological polar surface area (TPSA) is 163 Å². The molecule has 47 heavy (non-hydrogen) atoms. The summed E-state index contributed by atoms with van der Waals surface area (Å²) in [5, 5.41) is 25.4. The fourth-order valence-electron chi connectivity index (χ4n) is 5.33. The summed E-state index contributed by atoms with van der Waals surface area (Å²) >= 11 is 0. The molecule has 2 aromatic carbocycles. The fraction of sp³-hybridized carbons (Fsp3) is 0.303. The van der Waals surface area contributed by atoms with Crippen molar-refractivity contribution in [3.63, 3.8) is 0 Å². The van der Waals surface area contributed by atoms with Gasteiger partial charge in [-0.3, -0.25) is 25.1 Å². The van der Waals surface area contributed by atoms with Crippen molar-refractivity contribution in [2.75, 3.05) is 23.3 Å². The number of hydrogen-bond acceptors (Lipinski definition) is 9. The molecule has 4 heterocycles. The summed E-state index contributed by atoms with van der Waals surface area (Å²) in [6, 6.07) is 9.41. The Morgan fingerprint density at radius 1 is 0.872 bits per heavy atom. The first kappa shape index (κ1) is 32.6. The molecule has 2 aliphatic rings. The van der Waals surface area contributed by atoms with E-state index >= 15 is 0 Å². The van der Waals surface area contributed by atoms with Crippen LogP contribution in [0, 0.1) is 20.2 Å². The molecule has 1 amide bonds. The van der Waals surface area contributed by atoms with Crippen LogP contribution < -0.4 is 10.2 Å². The van der Waals surface area contributed by atoms with Crippen molar-refractivity contribution in [3.05, 3.63) is 104 Å². The second-order valence-electron chi connectivity index (χ2n) is 12.3. The van der Waals surface area contributed by atoms with E-state index in [0.717, 1.165) is 46.8 Å². The molecule has 4 aromatic rings. The number of carbonyl (C=O) groups excluding carboxylic acids is 1. The maximum absolute atomic E-state index is 12.6. The molecule has 0 saturated heterocycles. The third-order valence-electron chi connectivity index (χ3n) is 7.41. The van der Waals surface area contributed by atoms with Crippen molar-refractivity contribution in [2.45, 2.75) is 39.2 Å². The third kappa shape index (κ3) is 7.90. The maximum atomic E-state index is 12.6. The van der Waals surface area contributed by atoms with Gasteiger partial charge in [0.2, 0.25) is 0 Å². The van der Waals surface area contributed by atoms with Crippen molar-refractivity contribution in [1.82, 2.24) is 19.1 Å². The SMILES string of the molecule is Cn1cnc(/C=C2\CCN(C(=O)OC(C)(C)C)c3ccc([N+](=O)[O-])cc32)c1.Cn1cnc(/C=C2\CCNc3ccc([N+](=O)[O-])cc32)c1. The van der Waals surface area contributed by atoms with E-state index in [1.165, 1.54) is 23.1 Å². The van der Waals surface area contributed by atoms with Crippen molar-refractivity contribution in [3.8, 4) is 0 Å². The first-order chi connectivity index (χ1) is 22.3. The molecule has 0 fully saturated rings. The number of nitro benzene ring substituents is 2. The van der Waals surface area contributed by atoms with Crippen LogP contribution in [0.25, 0.3) is 23.3 Å². The largest absolute Gasteiger partial charge is 0.443 e. The number of fused-ring (bicyclic) bond motifs is 2. The van der Waals surface area contributed by atoms with Gasteiger partial charge in [-0.15, -0.1) is 0 Å². The van der Waals surface area contributed by atoms with E-state index in [-0.39, 0.29) is 16.3 Å². The molecule has 0 bridgehead atoms.